The lowest BCUT2D eigenvalue weighted by Crippen LogP contribution is -2.41. The summed E-state index contributed by atoms with van der Waals surface area (Å²) in [7, 11) is 1.64. The molecule has 3 aromatic rings. The highest BCUT2D eigenvalue weighted by Crippen LogP contribution is 2.26. The fourth-order valence-corrected chi connectivity index (χ4v) is 3.07. The number of guanidine groups is 1. The number of benzene rings is 2. The van der Waals surface area contributed by atoms with Crippen LogP contribution in [0.15, 0.2) is 72.2 Å². The van der Waals surface area contributed by atoms with E-state index in [0.717, 1.165) is 36.1 Å². The van der Waals surface area contributed by atoms with Gasteiger partial charge in [-0.3, -0.25) is 0 Å². The summed E-state index contributed by atoms with van der Waals surface area (Å²) in [5.74, 6) is 2.23. The van der Waals surface area contributed by atoms with E-state index in [1.807, 2.05) is 43.7 Å². The van der Waals surface area contributed by atoms with Crippen molar-refractivity contribution in [2.24, 2.45) is 4.99 Å². The molecular formula is C24H31N5O2. The van der Waals surface area contributed by atoms with E-state index >= 15 is 0 Å². The number of nitrogens with zero attached hydrogens (tertiary/aromatic N) is 3. The van der Waals surface area contributed by atoms with E-state index in [9.17, 15) is 0 Å². The maximum atomic E-state index is 6.01. The normalized spacial score (nSPS) is 12.3. The zero-order valence-electron chi connectivity index (χ0n) is 18.4. The molecule has 2 aromatic carbocycles. The number of rotatable bonds is 10. The quantitative estimate of drug-likeness (QED) is 0.387. The first kappa shape index (κ1) is 22.2. The lowest BCUT2D eigenvalue weighted by atomic mass is 10.1. The number of methoxy groups -OCH3 is 1. The number of nitrogens with one attached hydrogen (secondary N) is 2. The smallest absolute Gasteiger partial charge is 0.191 e. The van der Waals surface area contributed by atoms with Crippen LogP contribution in [0.2, 0.25) is 0 Å². The van der Waals surface area contributed by atoms with Crippen molar-refractivity contribution in [2.45, 2.75) is 33.0 Å². The summed E-state index contributed by atoms with van der Waals surface area (Å²) in [6.45, 7) is 6.89. The number of hydrogen-bond donors (Lipinski definition) is 2. The summed E-state index contributed by atoms with van der Waals surface area (Å²) in [4.78, 5) is 8.78. The molecule has 1 unspecified atom stereocenters. The minimum absolute atomic E-state index is 0.0531. The Morgan fingerprint density at radius 1 is 1.06 bits per heavy atom. The van der Waals surface area contributed by atoms with Gasteiger partial charge in [0.25, 0.3) is 0 Å². The monoisotopic (exact) mass is 421 g/mol. The molecule has 0 bridgehead atoms. The van der Waals surface area contributed by atoms with Crippen LogP contribution in [0.4, 0.5) is 0 Å². The van der Waals surface area contributed by atoms with Gasteiger partial charge >= 0.3 is 0 Å². The summed E-state index contributed by atoms with van der Waals surface area (Å²) in [6.07, 6.45) is 5.53. The van der Waals surface area contributed by atoms with Gasteiger partial charge in [0.1, 0.15) is 6.10 Å². The highest BCUT2D eigenvalue weighted by atomic mass is 16.5. The molecule has 164 valence electrons. The van der Waals surface area contributed by atoms with Gasteiger partial charge in [0.05, 0.1) is 26.5 Å². The van der Waals surface area contributed by atoms with Gasteiger partial charge in [-0.15, -0.1) is 0 Å². The summed E-state index contributed by atoms with van der Waals surface area (Å²) in [5.41, 5.74) is 2.39. The maximum Gasteiger partial charge on any atom is 0.191 e. The summed E-state index contributed by atoms with van der Waals surface area (Å²) >= 11 is 0. The molecular weight excluding hydrogens is 390 g/mol. The first-order valence-electron chi connectivity index (χ1n) is 10.5. The first-order chi connectivity index (χ1) is 15.2. The van der Waals surface area contributed by atoms with Crippen molar-refractivity contribution in [1.82, 2.24) is 20.2 Å². The average Bonchev–Trinajstić information content (AvgIpc) is 3.30. The second-order valence-electron chi connectivity index (χ2n) is 7.21. The second-order valence-corrected chi connectivity index (χ2v) is 7.21. The van der Waals surface area contributed by atoms with E-state index in [1.165, 1.54) is 5.56 Å². The van der Waals surface area contributed by atoms with Crippen LogP contribution in [-0.4, -0.2) is 41.8 Å². The molecule has 0 saturated heterocycles. The van der Waals surface area contributed by atoms with E-state index in [-0.39, 0.29) is 6.10 Å². The predicted octanol–water partition coefficient (Wildman–Crippen LogP) is 3.46. The minimum atomic E-state index is -0.0531. The van der Waals surface area contributed by atoms with Crippen molar-refractivity contribution in [2.75, 3.05) is 20.2 Å². The lowest BCUT2D eigenvalue weighted by molar-refractivity contribution is 0.213. The SMILES string of the molecule is CCNC(=NCc1ccc(Cn2ccnc2)cc1)NCC(C)Oc1ccccc1OC. The van der Waals surface area contributed by atoms with E-state index in [4.69, 9.17) is 14.5 Å². The van der Waals surface area contributed by atoms with E-state index in [2.05, 4.69) is 51.4 Å². The molecule has 0 fully saturated rings. The van der Waals surface area contributed by atoms with E-state index < -0.39 is 0 Å². The van der Waals surface area contributed by atoms with Gasteiger partial charge in [-0.25, -0.2) is 9.98 Å². The maximum absolute atomic E-state index is 6.01. The zero-order valence-corrected chi connectivity index (χ0v) is 18.4. The Morgan fingerprint density at radius 3 is 2.48 bits per heavy atom. The molecule has 1 aromatic heterocycles. The molecule has 0 aliphatic heterocycles. The molecule has 0 amide bonds. The van der Waals surface area contributed by atoms with E-state index in [1.54, 1.807) is 13.3 Å². The van der Waals surface area contributed by atoms with Crippen molar-refractivity contribution in [1.29, 1.82) is 0 Å². The Kier molecular flexibility index (Phi) is 8.34. The van der Waals surface area contributed by atoms with E-state index in [0.29, 0.717) is 13.1 Å². The van der Waals surface area contributed by atoms with Crippen LogP contribution >= 0.6 is 0 Å². The van der Waals surface area contributed by atoms with Gasteiger partial charge in [0.2, 0.25) is 0 Å². The number of hydrogen-bond acceptors (Lipinski definition) is 4. The van der Waals surface area contributed by atoms with Gasteiger partial charge in [0.15, 0.2) is 17.5 Å². The van der Waals surface area contributed by atoms with Gasteiger partial charge < -0.3 is 24.7 Å². The van der Waals surface area contributed by atoms with Crippen LogP contribution in [-0.2, 0) is 13.1 Å². The second kappa shape index (κ2) is 11.6. The van der Waals surface area contributed by atoms with Gasteiger partial charge in [-0.1, -0.05) is 36.4 Å². The van der Waals surface area contributed by atoms with Crippen LogP contribution < -0.4 is 20.1 Å². The molecule has 0 aliphatic carbocycles. The van der Waals surface area contributed by atoms with Crippen LogP contribution in [0.3, 0.4) is 0 Å². The molecule has 1 atom stereocenters. The van der Waals surface area contributed by atoms with Crippen molar-refractivity contribution >= 4 is 5.96 Å². The molecule has 0 radical (unpaired) electrons. The van der Waals surface area contributed by atoms with Crippen molar-refractivity contribution in [3.05, 3.63) is 78.4 Å². The fourth-order valence-electron chi connectivity index (χ4n) is 3.07. The van der Waals surface area contributed by atoms with Gasteiger partial charge in [-0.2, -0.15) is 0 Å². The Labute approximate surface area is 184 Å². The largest absolute Gasteiger partial charge is 0.493 e. The molecule has 7 heteroatoms. The Balaban J connectivity index is 1.52. The lowest BCUT2D eigenvalue weighted by Gasteiger charge is -2.19. The topological polar surface area (TPSA) is 72.7 Å². The number of para-hydroxylation sites is 2. The van der Waals surface area contributed by atoms with Crippen LogP contribution in [0.25, 0.3) is 0 Å². The first-order valence-corrected chi connectivity index (χ1v) is 10.5. The molecule has 1 heterocycles. The summed E-state index contributed by atoms with van der Waals surface area (Å²) in [5, 5.41) is 6.64. The summed E-state index contributed by atoms with van der Waals surface area (Å²) < 4.78 is 13.4. The summed E-state index contributed by atoms with van der Waals surface area (Å²) in [6, 6.07) is 16.2. The molecule has 0 saturated carbocycles. The Hall–Kier alpha value is -3.48. The average molecular weight is 422 g/mol. The van der Waals surface area contributed by atoms with Crippen LogP contribution in [0.5, 0.6) is 11.5 Å². The third-order valence-electron chi connectivity index (χ3n) is 4.67. The number of aliphatic imine (C=N–C) groups is 1. The highest BCUT2D eigenvalue weighted by Gasteiger charge is 2.09. The van der Waals surface area contributed by atoms with Crippen molar-refractivity contribution in [3.8, 4) is 11.5 Å². The standard InChI is InChI=1S/C24H31N5O2/c1-4-26-24(27-15-19(2)31-23-8-6-5-7-22(23)30-3)28-16-20-9-11-21(12-10-20)17-29-14-13-25-18-29/h5-14,18-19H,4,15-17H2,1-3H3,(H2,26,27,28). The Bertz CT molecular complexity index is 939. The van der Waals surface area contributed by atoms with Crippen molar-refractivity contribution < 1.29 is 9.47 Å². The molecule has 31 heavy (non-hydrogen) atoms. The van der Waals surface area contributed by atoms with Gasteiger partial charge in [0, 0.05) is 25.5 Å². The fraction of sp³-hybridized carbons (Fsp3) is 0.333. The highest BCUT2D eigenvalue weighted by molar-refractivity contribution is 5.79. The van der Waals surface area contributed by atoms with Gasteiger partial charge in [-0.05, 0) is 37.1 Å². The van der Waals surface area contributed by atoms with Crippen LogP contribution in [0.1, 0.15) is 25.0 Å². The van der Waals surface area contributed by atoms with Crippen molar-refractivity contribution in [3.63, 3.8) is 0 Å². The Morgan fingerprint density at radius 2 is 1.81 bits per heavy atom. The molecule has 3 rings (SSSR count). The third kappa shape index (κ3) is 7.06. The molecule has 0 spiro atoms. The predicted molar refractivity (Wildman–Crippen MR) is 124 cm³/mol. The molecule has 7 nitrogen and oxygen atoms in total. The molecule has 2 N–H and O–H groups in total. The van der Waals surface area contributed by atoms with Crippen LogP contribution in [0, 0.1) is 0 Å². The molecule has 0 aliphatic rings. The number of aromatic nitrogens is 2. The minimum Gasteiger partial charge on any atom is -0.493 e. The zero-order chi connectivity index (χ0) is 21.9. The third-order valence-corrected chi connectivity index (χ3v) is 4.67. The number of imidazole rings is 1. The number of ether oxygens (including phenoxy) is 2.